The van der Waals surface area contributed by atoms with Gasteiger partial charge in [0, 0.05) is 42.4 Å². The molecule has 0 bridgehead atoms. The van der Waals surface area contributed by atoms with E-state index in [-0.39, 0.29) is 30.1 Å². The lowest BCUT2D eigenvalue weighted by atomic mass is 9.91. The molecule has 0 saturated carbocycles. The molecule has 6 atom stereocenters. The molecule has 4 amide bonds. The summed E-state index contributed by atoms with van der Waals surface area (Å²) in [5.74, 6) is -2.92. The molecule has 0 fully saturated rings. The number of nitrogens with one attached hydrogen (secondary N) is 5. The average Bonchev–Trinajstić information content (AvgIpc) is 3.34. The molecule has 0 aliphatic carbocycles. The van der Waals surface area contributed by atoms with Gasteiger partial charge in [0.15, 0.2) is 0 Å². The van der Waals surface area contributed by atoms with E-state index in [1.807, 2.05) is 53.8 Å². The molecule has 1 aromatic heterocycles. The molecule has 6 N–H and O–H groups in total. The molecule has 1 rings (SSSR count). The Labute approximate surface area is 278 Å². The fourth-order valence-electron chi connectivity index (χ4n) is 4.59. The predicted molar refractivity (Wildman–Crippen MR) is 180 cm³/mol. The van der Waals surface area contributed by atoms with Crippen LogP contribution in [0.25, 0.3) is 0 Å². The maximum absolute atomic E-state index is 13.5. The molecule has 0 aromatic carbocycles. The summed E-state index contributed by atoms with van der Waals surface area (Å²) in [6.07, 6.45) is 0.500. The van der Waals surface area contributed by atoms with Crippen LogP contribution < -0.4 is 26.0 Å². The van der Waals surface area contributed by atoms with Crippen molar-refractivity contribution in [2.75, 3.05) is 19.3 Å². The first-order valence-corrected chi connectivity index (χ1v) is 18.7. The van der Waals surface area contributed by atoms with Crippen LogP contribution in [-0.2, 0) is 35.6 Å². The van der Waals surface area contributed by atoms with Crippen LogP contribution in [0.1, 0.15) is 78.9 Å². The summed E-state index contributed by atoms with van der Waals surface area (Å²) in [7, 11) is -3.69. The highest BCUT2D eigenvalue weighted by atomic mass is 32.2. The van der Waals surface area contributed by atoms with Gasteiger partial charge in [-0.05, 0) is 37.5 Å². The van der Waals surface area contributed by atoms with Crippen molar-refractivity contribution >= 4 is 45.0 Å². The number of hydrogen-bond donors (Lipinski definition) is 6. The number of thiazole rings is 1. The van der Waals surface area contributed by atoms with E-state index in [0.717, 1.165) is 17.0 Å². The highest BCUT2D eigenvalue weighted by molar-refractivity contribution is 7.88. The van der Waals surface area contributed by atoms with Crippen molar-refractivity contribution in [3.8, 4) is 0 Å². The number of aliphatic hydroxyl groups is 1. The van der Waals surface area contributed by atoms with Gasteiger partial charge in [0.1, 0.15) is 12.1 Å². The van der Waals surface area contributed by atoms with Crippen molar-refractivity contribution in [1.29, 1.82) is 0 Å². The molecule has 264 valence electrons. The number of hydrogen-bond acceptors (Lipinski definition) is 9. The van der Waals surface area contributed by atoms with Crippen LogP contribution in [0, 0.1) is 36.5 Å². The van der Waals surface area contributed by atoms with Gasteiger partial charge in [-0.2, -0.15) is 0 Å². The van der Waals surface area contributed by atoms with Crippen LogP contribution in [-0.4, -0.2) is 85.7 Å². The number of rotatable bonds is 20. The predicted octanol–water partition coefficient (Wildman–Crippen LogP) is 1.50. The van der Waals surface area contributed by atoms with Crippen LogP contribution in [0.3, 0.4) is 0 Å². The zero-order chi connectivity index (χ0) is 35.4. The number of carbonyl (C=O) groups is 4. The van der Waals surface area contributed by atoms with Crippen LogP contribution in [0.15, 0.2) is 5.38 Å². The topological polar surface area (TPSA) is 196 Å². The van der Waals surface area contributed by atoms with Gasteiger partial charge in [-0.15, -0.1) is 11.3 Å². The van der Waals surface area contributed by atoms with Gasteiger partial charge in [-0.25, -0.2) is 18.1 Å². The third-order valence-electron chi connectivity index (χ3n) is 7.27. The van der Waals surface area contributed by atoms with Crippen molar-refractivity contribution in [2.45, 2.75) is 106 Å². The van der Waals surface area contributed by atoms with Crippen molar-refractivity contribution in [2.24, 2.45) is 29.6 Å². The monoisotopic (exact) mass is 688 g/mol. The number of sulfonamides is 1. The Kier molecular flexibility index (Phi) is 17.3. The van der Waals surface area contributed by atoms with Gasteiger partial charge in [0.25, 0.3) is 0 Å². The standard InChI is InChI=1S/C31H56N6O7S2/c1-17(2)11-23(25(38)12-20(7)29(40)37-27(19(5)6)31(42)32-14-18(3)4)35-30(41)24(15-33-46(10,43)44)36-28(39)21(8)13-26-34-22(9)16-45-26/h16-21,23-25,27,33,38H,11-15H2,1-10H3,(H,32,42)(H,35,41)(H,36,39)(H,37,40). The second-order valence-electron chi connectivity index (χ2n) is 13.5. The zero-order valence-electron chi connectivity index (χ0n) is 29.0. The number of nitrogens with zero attached hydrogens (tertiary/aromatic N) is 1. The van der Waals surface area contributed by atoms with Gasteiger partial charge in [0.2, 0.25) is 33.7 Å². The minimum atomic E-state index is -3.69. The van der Waals surface area contributed by atoms with E-state index < -0.39 is 70.4 Å². The van der Waals surface area contributed by atoms with Crippen molar-refractivity contribution in [1.82, 2.24) is 31.0 Å². The second kappa shape index (κ2) is 19.3. The average molecular weight is 689 g/mol. The van der Waals surface area contributed by atoms with Crippen molar-refractivity contribution in [3.63, 3.8) is 0 Å². The summed E-state index contributed by atoms with van der Waals surface area (Å²) >= 11 is 1.43. The maximum atomic E-state index is 13.5. The molecule has 0 radical (unpaired) electrons. The van der Waals surface area contributed by atoms with Gasteiger partial charge in [0.05, 0.1) is 23.4 Å². The van der Waals surface area contributed by atoms with Crippen LogP contribution in [0.2, 0.25) is 0 Å². The molecule has 46 heavy (non-hydrogen) atoms. The van der Waals surface area contributed by atoms with E-state index in [9.17, 15) is 32.7 Å². The van der Waals surface area contributed by atoms with E-state index in [1.165, 1.54) is 11.3 Å². The minimum absolute atomic E-state index is 0.00912. The smallest absolute Gasteiger partial charge is 0.244 e. The number of aromatic nitrogens is 1. The summed E-state index contributed by atoms with van der Waals surface area (Å²) < 4.78 is 26.0. The Hall–Kier alpha value is -2.62. The normalized spacial score (nSPS) is 16.0. The van der Waals surface area contributed by atoms with E-state index in [0.29, 0.717) is 19.4 Å². The van der Waals surface area contributed by atoms with Crippen LogP contribution in [0.4, 0.5) is 0 Å². The van der Waals surface area contributed by atoms with E-state index in [1.54, 1.807) is 13.8 Å². The second-order valence-corrected chi connectivity index (χ2v) is 16.3. The molecule has 0 saturated heterocycles. The lowest BCUT2D eigenvalue weighted by molar-refractivity contribution is -0.133. The van der Waals surface area contributed by atoms with E-state index >= 15 is 0 Å². The van der Waals surface area contributed by atoms with Gasteiger partial charge >= 0.3 is 0 Å². The molecule has 13 nitrogen and oxygen atoms in total. The summed E-state index contributed by atoms with van der Waals surface area (Å²) in [4.78, 5) is 56.7. The van der Waals surface area contributed by atoms with Crippen molar-refractivity contribution in [3.05, 3.63) is 16.1 Å². The quantitative estimate of drug-likeness (QED) is 0.119. The first-order valence-electron chi connectivity index (χ1n) is 15.9. The molecule has 6 unspecified atom stereocenters. The van der Waals surface area contributed by atoms with Crippen molar-refractivity contribution < 1.29 is 32.7 Å². The molecule has 1 heterocycles. The van der Waals surface area contributed by atoms with Gasteiger partial charge < -0.3 is 26.4 Å². The van der Waals surface area contributed by atoms with Gasteiger partial charge in [-0.1, -0.05) is 55.4 Å². The number of amides is 4. The SMILES string of the molecule is Cc1csc(CC(C)C(=O)NC(CNS(C)(=O)=O)C(=O)NC(CC(C)C)C(O)CC(C)C(=O)NC(C(=O)NCC(C)C)C(C)C)n1. The molecular formula is C31H56N6O7S2. The number of aliphatic hydroxyl groups excluding tert-OH is 1. The fourth-order valence-corrected chi connectivity index (χ4v) is 5.96. The third kappa shape index (κ3) is 15.8. The Morgan fingerprint density at radius 1 is 0.826 bits per heavy atom. The molecule has 0 aliphatic heterocycles. The van der Waals surface area contributed by atoms with E-state index in [4.69, 9.17) is 0 Å². The summed E-state index contributed by atoms with van der Waals surface area (Å²) in [5, 5.41) is 25.0. The fraction of sp³-hybridized carbons (Fsp3) is 0.774. The highest BCUT2D eigenvalue weighted by Crippen LogP contribution is 2.17. The first kappa shape index (κ1) is 41.4. The molecule has 1 aromatic rings. The summed E-state index contributed by atoms with van der Waals surface area (Å²) in [6.45, 7) is 16.7. The third-order valence-corrected chi connectivity index (χ3v) is 8.95. The zero-order valence-corrected chi connectivity index (χ0v) is 30.6. The lowest BCUT2D eigenvalue weighted by Gasteiger charge is -2.30. The molecule has 0 spiro atoms. The Morgan fingerprint density at radius 3 is 1.93 bits per heavy atom. The van der Waals surface area contributed by atoms with Crippen LogP contribution in [0.5, 0.6) is 0 Å². The first-order chi connectivity index (χ1) is 21.2. The summed E-state index contributed by atoms with van der Waals surface area (Å²) in [6, 6.07) is -2.81. The lowest BCUT2D eigenvalue weighted by Crippen LogP contribution is -2.57. The largest absolute Gasteiger partial charge is 0.391 e. The maximum Gasteiger partial charge on any atom is 0.244 e. The summed E-state index contributed by atoms with van der Waals surface area (Å²) in [5.41, 5.74) is 0.843. The Morgan fingerprint density at radius 2 is 1.43 bits per heavy atom. The minimum Gasteiger partial charge on any atom is -0.391 e. The molecule has 15 heteroatoms. The Balaban J connectivity index is 3.02. The highest BCUT2D eigenvalue weighted by Gasteiger charge is 2.32. The van der Waals surface area contributed by atoms with Gasteiger partial charge in [-0.3, -0.25) is 19.2 Å². The Bertz CT molecular complexity index is 1250. The number of carbonyl (C=O) groups excluding carboxylic acids is 4. The molecule has 0 aliphatic rings. The van der Waals surface area contributed by atoms with E-state index in [2.05, 4.69) is 31.0 Å². The molecular weight excluding hydrogens is 633 g/mol. The van der Waals surface area contributed by atoms with Crippen LogP contribution >= 0.6 is 11.3 Å². The number of aryl methyl sites for hydroxylation is 1.